The van der Waals surface area contributed by atoms with E-state index < -0.39 is 6.04 Å². The van der Waals surface area contributed by atoms with Crippen molar-refractivity contribution < 1.29 is 14.4 Å². The van der Waals surface area contributed by atoms with Crippen LogP contribution in [0.5, 0.6) is 0 Å². The van der Waals surface area contributed by atoms with Crippen LogP contribution < -0.4 is 10.6 Å². The van der Waals surface area contributed by atoms with Gasteiger partial charge in [-0.3, -0.25) is 14.4 Å². The molecule has 7 heteroatoms. The Kier molecular flexibility index (Phi) is 4.29. The van der Waals surface area contributed by atoms with Crippen LogP contribution in [0.15, 0.2) is 24.3 Å². The number of para-hydroxylation sites is 1. The molecule has 3 amide bonds. The lowest BCUT2D eigenvalue weighted by molar-refractivity contribution is -0.135. The Hall–Kier alpha value is -2.41. The molecule has 0 unspecified atom stereocenters. The standard InChI is InChI=1S/C16H20N4O3/c1-19-6-8-20(9-7-19)14(21)10-13-16(23)17-12-5-3-2-4-11(12)15(22)18-13/h2-5,13H,6-10H2,1H3,(H,17,23)(H,18,22)/t13-/m1/s1. The second-order valence-corrected chi connectivity index (χ2v) is 5.95. The third kappa shape index (κ3) is 3.34. The predicted molar refractivity (Wildman–Crippen MR) is 85.0 cm³/mol. The van der Waals surface area contributed by atoms with E-state index in [0.29, 0.717) is 24.3 Å². The van der Waals surface area contributed by atoms with Gasteiger partial charge in [-0.25, -0.2) is 0 Å². The van der Waals surface area contributed by atoms with Crippen molar-refractivity contribution in [3.63, 3.8) is 0 Å². The minimum atomic E-state index is -0.845. The fourth-order valence-corrected chi connectivity index (χ4v) is 2.81. The number of benzene rings is 1. The Bertz CT molecular complexity index is 638. The molecule has 7 nitrogen and oxygen atoms in total. The number of amides is 3. The average Bonchev–Trinajstić information content (AvgIpc) is 2.65. The monoisotopic (exact) mass is 316 g/mol. The summed E-state index contributed by atoms with van der Waals surface area (Å²) in [6.45, 7) is 2.94. The van der Waals surface area contributed by atoms with E-state index in [4.69, 9.17) is 0 Å². The molecule has 2 aliphatic heterocycles. The molecular weight excluding hydrogens is 296 g/mol. The quantitative estimate of drug-likeness (QED) is 0.798. The Labute approximate surface area is 134 Å². The number of nitrogens with one attached hydrogen (secondary N) is 2. The average molecular weight is 316 g/mol. The molecule has 122 valence electrons. The first-order valence-electron chi connectivity index (χ1n) is 7.71. The Morgan fingerprint density at radius 2 is 1.87 bits per heavy atom. The van der Waals surface area contributed by atoms with Crippen molar-refractivity contribution >= 4 is 23.4 Å². The summed E-state index contributed by atoms with van der Waals surface area (Å²) in [6, 6.07) is 5.97. The van der Waals surface area contributed by atoms with Gasteiger partial charge in [0.05, 0.1) is 17.7 Å². The summed E-state index contributed by atoms with van der Waals surface area (Å²) in [6.07, 6.45) is -0.0186. The summed E-state index contributed by atoms with van der Waals surface area (Å²) in [5.41, 5.74) is 0.889. The number of carbonyl (C=O) groups is 3. The summed E-state index contributed by atoms with van der Waals surface area (Å²) in [5, 5.41) is 5.37. The molecule has 1 atom stereocenters. The first kappa shape index (κ1) is 15.5. The molecular formula is C16H20N4O3. The van der Waals surface area contributed by atoms with Gasteiger partial charge in [0.15, 0.2) is 0 Å². The second-order valence-electron chi connectivity index (χ2n) is 5.95. The van der Waals surface area contributed by atoms with Gasteiger partial charge < -0.3 is 20.4 Å². The van der Waals surface area contributed by atoms with Crippen molar-refractivity contribution in [3.8, 4) is 0 Å². The highest BCUT2D eigenvalue weighted by Crippen LogP contribution is 2.19. The van der Waals surface area contributed by atoms with Crippen LogP contribution in [-0.4, -0.2) is 66.8 Å². The molecule has 1 fully saturated rings. The van der Waals surface area contributed by atoms with Gasteiger partial charge in [-0.05, 0) is 19.2 Å². The second kappa shape index (κ2) is 6.37. The molecule has 2 heterocycles. The molecule has 1 aromatic rings. The fourth-order valence-electron chi connectivity index (χ4n) is 2.81. The molecule has 0 bridgehead atoms. The van der Waals surface area contributed by atoms with E-state index in [-0.39, 0.29) is 24.1 Å². The number of hydrogen-bond acceptors (Lipinski definition) is 4. The third-order valence-corrected chi connectivity index (χ3v) is 4.29. The molecule has 1 aromatic carbocycles. The van der Waals surface area contributed by atoms with Crippen LogP contribution in [0.2, 0.25) is 0 Å². The van der Waals surface area contributed by atoms with Gasteiger partial charge in [-0.15, -0.1) is 0 Å². The molecule has 2 N–H and O–H groups in total. The summed E-state index contributed by atoms with van der Waals surface area (Å²) >= 11 is 0. The lowest BCUT2D eigenvalue weighted by Gasteiger charge is -2.33. The molecule has 0 spiro atoms. The van der Waals surface area contributed by atoms with Gasteiger partial charge in [0, 0.05) is 26.2 Å². The number of rotatable bonds is 2. The number of piperazine rings is 1. The van der Waals surface area contributed by atoms with Gasteiger partial charge in [0.2, 0.25) is 11.8 Å². The Balaban J connectivity index is 1.68. The highest BCUT2D eigenvalue weighted by atomic mass is 16.2. The topological polar surface area (TPSA) is 81.8 Å². The summed E-state index contributed by atoms with van der Waals surface area (Å²) in [7, 11) is 2.01. The first-order chi connectivity index (χ1) is 11.0. The normalized spacial score (nSPS) is 22.0. The number of carbonyl (C=O) groups excluding carboxylic acids is 3. The van der Waals surface area contributed by atoms with E-state index in [1.165, 1.54) is 0 Å². The summed E-state index contributed by atoms with van der Waals surface area (Å²) in [4.78, 5) is 40.8. The zero-order valence-electron chi connectivity index (χ0n) is 13.0. The molecule has 1 saturated heterocycles. The molecule has 2 aliphatic rings. The SMILES string of the molecule is CN1CCN(C(=O)C[C@H]2NC(=O)c3ccccc3NC2=O)CC1. The molecule has 0 radical (unpaired) electrons. The van der Waals surface area contributed by atoms with Crippen LogP contribution in [0, 0.1) is 0 Å². The summed E-state index contributed by atoms with van der Waals surface area (Å²) < 4.78 is 0. The van der Waals surface area contributed by atoms with E-state index in [2.05, 4.69) is 15.5 Å². The number of anilines is 1. The maximum Gasteiger partial charge on any atom is 0.254 e. The van der Waals surface area contributed by atoms with Crippen molar-refractivity contribution in [1.29, 1.82) is 0 Å². The van der Waals surface area contributed by atoms with E-state index in [9.17, 15) is 14.4 Å². The lowest BCUT2D eigenvalue weighted by Crippen LogP contribution is -2.50. The predicted octanol–water partition coefficient (Wildman–Crippen LogP) is -0.0988. The van der Waals surface area contributed by atoms with Gasteiger partial charge >= 0.3 is 0 Å². The van der Waals surface area contributed by atoms with E-state index in [1.807, 2.05) is 7.05 Å². The van der Waals surface area contributed by atoms with Crippen molar-refractivity contribution in [3.05, 3.63) is 29.8 Å². The number of likely N-dealkylation sites (N-methyl/N-ethyl adjacent to an activating group) is 1. The Morgan fingerprint density at radius 3 is 2.61 bits per heavy atom. The smallest absolute Gasteiger partial charge is 0.254 e. The fraction of sp³-hybridized carbons (Fsp3) is 0.438. The highest BCUT2D eigenvalue weighted by molar-refractivity contribution is 6.10. The maximum atomic E-state index is 12.4. The first-order valence-corrected chi connectivity index (χ1v) is 7.71. The summed E-state index contributed by atoms with van der Waals surface area (Å²) in [5.74, 6) is -0.801. The van der Waals surface area contributed by atoms with Gasteiger partial charge in [0.1, 0.15) is 6.04 Å². The maximum absolute atomic E-state index is 12.4. The minimum Gasteiger partial charge on any atom is -0.340 e. The van der Waals surface area contributed by atoms with Crippen LogP contribution in [-0.2, 0) is 9.59 Å². The number of hydrogen-bond donors (Lipinski definition) is 2. The zero-order chi connectivity index (χ0) is 16.4. The highest BCUT2D eigenvalue weighted by Gasteiger charge is 2.31. The molecule has 0 saturated carbocycles. The van der Waals surface area contributed by atoms with Crippen LogP contribution in [0.1, 0.15) is 16.8 Å². The van der Waals surface area contributed by atoms with Crippen LogP contribution >= 0.6 is 0 Å². The van der Waals surface area contributed by atoms with Crippen LogP contribution in [0.3, 0.4) is 0 Å². The van der Waals surface area contributed by atoms with Crippen molar-refractivity contribution in [2.24, 2.45) is 0 Å². The third-order valence-electron chi connectivity index (χ3n) is 4.29. The van der Waals surface area contributed by atoms with Gasteiger partial charge in [0.25, 0.3) is 5.91 Å². The lowest BCUT2D eigenvalue weighted by atomic mass is 10.1. The molecule has 0 aromatic heterocycles. The minimum absolute atomic E-state index is 0.0186. The zero-order valence-corrected chi connectivity index (χ0v) is 13.0. The van der Waals surface area contributed by atoms with Crippen molar-refractivity contribution in [2.45, 2.75) is 12.5 Å². The number of fused-ring (bicyclic) bond motifs is 1. The van der Waals surface area contributed by atoms with Crippen LogP contribution in [0.4, 0.5) is 5.69 Å². The Morgan fingerprint density at radius 1 is 1.17 bits per heavy atom. The van der Waals surface area contributed by atoms with Crippen LogP contribution in [0.25, 0.3) is 0 Å². The molecule has 0 aliphatic carbocycles. The van der Waals surface area contributed by atoms with E-state index in [0.717, 1.165) is 13.1 Å². The van der Waals surface area contributed by atoms with Gasteiger partial charge in [-0.1, -0.05) is 12.1 Å². The molecule has 23 heavy (non-hydrogen) atoms. The number of nitrogens with zero attached hydrogens (tertiary/aromatic N) is 2. The van der Waals surface area contributed by atoms with Gasteiger partial charge in [-0.2, -0.15) is 0 Å². The largest absolute Gasteiger partial charge is 0.340 e. The van der Waals surface area contributed by atoms with E-state index in [1.54, 1.807) is 29.2 Å². The van der Waals surface area contributed by atoms with E-state index >= 15 is 0 Å². The van der Waals surface area contributed by atoms with Crippen molar-refractivity contribution in [1.82, 2.24) is 15.1 Å². The molecule has 3 rings (SSSR count). The van der Waals surface area contributed by atoms with Crippen molar-refractivity contribution in [2.75, 3.05) is 38.5 Å².